The summed E-state index contributed by atoms with van der Waals surface area (Å²) in [5, 5.41) is 53.9. The molecule has 0 aromatic rings. The lowest BCUT2D eigenvalue weighted by atomic mass is 10.0. The lowest BCUT2D eigenvalue weighted by molar-refractivity contribution is -0.142. The van der Waals surface area contributed by atoms with Crippen molar-refractivity contribution in [3.63, 3.8) is 0 Å². The molecule has 12 amide bonds. The second kappa shape index (κ2) is 45.0. The molecule has 0 bridgehead atoms. The number of guanidine groups is 2. The fourth-order valence-electron chi connectivity index (χ4n) is 8.31. The van der Waals surface area contributed by atoms with Gasteiger partial charge in [-0.1, -0.05) is 71.1 Å². The van der Waals surface area contributed by atoms with Crippen molar-refractivity contribution in [1.82, 2.24) is 53.2 Å². The zero-order valence-corrected chi connectivity index (χ0v) is 50.4. The Morgan fingerprint density at radius 1 is 0.437 bits per heavy atom. The molecule has 0 unspecified atom stereocenters. The number of aliphatic imine (C=N–C) groups is 2. The minimum absolute atomic E-state index is 0.0362. The Morgan fingerprint density at radius 2 is 0.839 bits per heavy atom. The highest BCUT2D eigenvalue weighted by molar-refractivity contribution is 5.99. The summed E-state index contributed by atoms with van der Waals surface area (Å²) in [7, 11) is 1.25. The van der Waals surface area contributed by atoms with Gasteiger partial charge in [0.1, 0.15) is 48.3 Å². The molecule has 34 nitrogen and oxygen atoms in total. The monoisotopic (exact) mass is 1240 g/mol. The first-order chi connectivity index (χ1) is 41.1. The quantitative estimate of drug-likeness (QED) is 0.0153. The van der Waals surface area contributed by atoms with Crippen molar-refractivity contribution in [2.75, 3.05) is 33.3 Å². The molecule has 0 rings (SSSR count). The number of carbonyl (C=O) groups is 13. The van der Waals surface area contributed by atoms with Gasteiger partial charge in [-0.15, -0.1) is 0 Å². The van der Waals surface area contributed by atoms with Crippen molar-refractivity contribution >= 4 is 88.8 Å². The summed E-state index contributed by atoms with van der Waals surface area (Å²) in [6.45, 7) is 2.63. The first-order valence-electron chi connectivity index (χ1n) is 29.1. The smallest absolute Gasteiger partial charge is 0.305 e. The van der Waals surface area contributed by atoms with Crippen molar-refractivity contribution in [3.8, 4) is 0 Å². The molecule has 0 saturated heterocycles. The Bertz CT molecular complexity index is 2320. The molecule has 0 spiro atoms. The van der Waals surface area contributed by atoms with Gasteiger partial charge in [0.05, 0.1) is 25.7 Å². The lowest BCUT2D eigenvalue weighted by Gasteiger charge is -2.28. The zero-order valence-electron chi connectivity index (χ0n) is 50.4. The second-order valence-electron chi connectivity index (χ2n) is 20.7. The van der Waals surface area contributed by atoms with Crippen LogP contribution in [0.4, 0.5) is 0 Å². The molecule has 0 aromatic carbocycles. The van der Waals surface area contributed by atoms with E-state index in [9.17, 15) is 77.6 Å². The Balaban J connectivity index is 6.26. The van der Waals surface area contributed by atoms with Crippen LogP contribution in [0.25, 0.3) is 0 Å². The van der Waals surface area contributed by atoms with Crippen LogP contribution in [0.2, 0.25) is 0 Å². The Morgan fingerprint density at radius 3 is 1.28 bits per heavy atom. The topological polar surface area (TPSA) is 584 Å². The van der Waals surface area contributed by atoms with Gasteiger partial charge in [0.2, 0.25) is 70.9 Å². The van der Waals surface area contributed by atoms with Crippen LogP contribution < -0.4 is 87.6 Å². The number of unbranched alkanes of at least 4 members (excludes halogenated alkanes) is 10. The number of aliphatic carboxylic acids is 1. The predicted molar refractivity (Wildman–Crippen MR) is 317 cm³/mol. The van der Waals surface area contributed by atoms with E-state index in [1.165, 1.54) is 52.5 Å². The van der Waals surface area contributed by atoms with Gasteiger partial charge >= 0.3 is 5.97 Å². The fraction of sp³-hybridized carbons (Fsp3) is 0.717. The number of aliphatic hydroxyl groups is 2. The molecule has 494 valence electrons. The standard InChI is InChI=1S/C53H96N18O16/c1-5-6-7-8-9-10-11-12-13-14-15-20-40(76)64-30(2)44(80)63-28-41(77)65-32(18-16-25-61-52(56)57)46(82)70-37(29-72)50(86)69-36(27-42(78)79)49(85)71-43(31(3)73)51(87)68-33(19-17-26-62-53(58)59)47(83)67-35(22-24-39(55)75)48(84)66-34(45(81)60-4)21-23-38(54)74/h30-37,43,72-73H,5-29H2,1-4H3,(H2,54,74)(H2,55,75)(H,60,81)(H,63,80)(H,64,76)(H,65,77)(H,66,84)(H,67,83)(H,68,87)(H,69,86)(H,70,82)(H,71,85)(H,78,79)(H4,56,57,61)(H4,58,59,62)/t30-,31+,32-,33-,34-,35-,36-,37-,43-/m0/s1. The number of amides is 12. The van der Waals surface area contributed by atoms with Crippen LogP contribution in [0.3, 0.4) is 0 Å². The number of nitrogens with one attached hydrogen (secondary N) is 10. The molecule has 34 heteroatoms. The van der Waals surface area contributed by atoms with E-state index < -0.39 is 158 Å². The number of carbonyl (C=O) groups excluding carboxylic acids is 12. The third-order valence-electron chi connectivity index (χ3n) is 13.1. The van der Waals surface area contributed by atoms with Crippen LogP contribution in [0.15, 0.2) is 9.98 Å². The number of nitrogens with two attached hydrogens (primary N) is 6. The van der Waals surface area contributed by atoms with Crippen LogP contribution in [0.5, 0.6) is 0 Å². The second-order valence-corrected chi connectivity index (χ2v) is 20.7. The SMILES string of the molecule is CCCCCCCCCCCCCC(=O)N[C@@H](C)C(=O)NCC(=O)N[C@@H](CCCN=C(N)N)C(=O)N[C@@H](CO)C(=O)N[C@@H](CC(=O)O)C(=O)N[C@H](C(=O)N[C@@H](CCCN=C(N)N)C(=O)N[C@@H](CCC(N)=O)C(=O)N[C@@H](CCC(N)=O)C(=O)NC)[C@@H](C)O. The number of aliphatic hydroxyl groups excluding tert-OH is 2. The maximum atomic E-state index is 13.9. The highest BCUT2D eigenvalue weighted by Crippen LogP contribution is 2.13. The van der Waals surface area contributed by atoms with Crippen LogP contribution in [-0.2, 0) is 62.3 Å². The summed E-state index contributed by atoms with van der Waals surface area (Å²) in [5.74, 6) is -14.0. The summed E-state index contributed by atoms with van der Waals surface area (Å²) in [4.78, 5) is 177. The normalized spacial score (nSPS) is 13.9. The van der Waals surface area contributed by atoms with E-state index in [-0.39, 0.29) is 75.9 Å². The number of hydrogen-bond donors (Lipinski definition) is 19. The molecule has 0 saturated carbocycles. The van der Waals surface area contributed by atoms with Crippen LogP contribution in [-0.4, -0.2) is 192 Å². The van der Waals surface area contributed by atoms with Crippen LogP contribution >= 0.6 is 0 Å². The van der Waals surface area contributed by atoms with Crippen molar-refractivity contribution in [2.45, 2.75) is 210 Å². The number of nitrogens with zero attached hydrogens (tertiary/aromatic N) is 2. The van der Waals surface area contributed by atoms with E-state index in [1.807, 2.05) is 0 Å². The van der Waals surface area contributed by atoms with E-state index in [0.29, 0.717) is 6.42 Å². The van der Waals surface area contributed by atoms with Gasteiger partial charge in [-0.3, -0.25) is 72.3 Å². The highest BCUT2D eigenvalue weighted by atomic mass is 16.4. The molecule has 0 radical (unpaired) electrons. The summed E-state index contributed by atoms with van der Waals surface area (Å²) < 4.78 is 0. The molecule has 0 heterocycles. The van der Waals surface area contributed by atoms with Gasteiger partial charge in [0, 0.05) is 39.4 Å². The largest absolute Gasteiger partial charge is 0.481 e. The van der Waals surface area contributed by atoms with Crippen molar-refractivity contribution in [3.05, 3.63) is 0 Å². The summed E-state index contributed by atoms with van der Waals surface area (Å²) in [6, 6.07) is -13.2. The zero-order chi connectivity index (χ0) is 66.0. The average molecular weight is 1240 g/mol. The maximum Gasteiger partial charge on any atom is 0.305 e. The number of likely N-dealkylation sites (N-methyl/N-ethyl adjacent to an activating group) is 1. The van der Waals surface area contributed by atoms with E-state index in [1.54, 1.807) is 0 Å². The molecule has 87 heavy (non-hydrogen) atoms. The first-order valence-corrected chi connectivity index (χ1v) is 29.1. The molecule has 0 aliphatic carbocycles. The average Bonchev–Trinajstić information content (AvgIpc) is 3.39. The molecule has 0 aromatic heterocycles. The van der Waals surface area contributed by atoms with E-state index in [4.69, 9.17) is 34.4 Å². The Labute approximate surface area is 506 Å². The number of hydrogen-bond acceptors (Lipinski definition) is 17. The molecule has 0 aliphatic heterocycles. The van der Waals surface area contributed by atoms with Gasteiger partial charge in [-0.05, 0) is 58.8 Å². The van der Waals surface area contributed by atoms with Gasteiger partial charge in [0.25, 0.3) is 0 Å². The minimum atomic E-state index is -2.10. The Kier molecular flexibility index (Phi) is 40.6. The van der Waals surface area contributed by atoms with Gasteiger partial charge in [-0.25, -0.2) is 0 Å². The third kappa shape index (κ3) is 36.9. The molecular weight excluding hydrogens is 1140 g/mol. The van der Waals surface area contributed by atoms with Gasteiger partial charge < -0.3 is 103 Å². The van der Waals surface area contributed by atoms with E-state index in [0.717, 1.165) is 32.6 Å². The van der Waals surface area contributed by atoms with E-state index >= 15 is 0 Å². The lowest BCUT2D eigenvalue weighted by Crippen LogP contribution is -2.62. The summed E-state index contributed by atoms with van der Waals surface area (Å²) >= 11 is 0. The van der Waals surface area contributed by atoms with Crippen LogP contribution in [0.1, 0.15) is 156 Å². The summed E-state index contributed by atoms with van der Waals surface area (Å²) in [6.07, 6.45) is 7.28. The predicted octanol–water partition coefficient (Wildman–Crippen LogP) is -6.07. The third-order valence-corrected chi connectivity index (χ3v) is 13.1. The molecule has 0 fully saturated rings. The van der Waals surface area contributed by atoms with Crippen molar-refractivity contribution in [1.29, 1.82) is 0 Å². The Hall–Kier alpha value is -8.43. The minimum Gasteiger partial charge on any atom is -0.481 e. The fourth-order valence-corrected chi connectivity index (χ4v) is 8.31. The number of rotatable bonds is 48. The number of carboxylic acid groups (broad SMARTS) is 1. The summed E-state index contributed by atoms with van der Waals surface area (Å²) in [5.41, 5.74) is 32.2. The highest BCUT2D eigenvalue weighted by Gasteiger charge is 2.36. The molecular formula is C53H96N18O16. The molecule has 0 aliphatic rings. The van der Waals surface area contributed by atoms with Crippen molar-refractivity contribution in [2.24, 2.45) is 44.4 Å². The van der Waals surface area contributed by atoms with Crippen molar-refractivity contribution < 1.29 is 77.6 Å². The van der Waals surface area contributed by atoms with E-state index in [2.05, 4.69) is 70.1 Å². The number of primary amides is 2. The molecule has 9 atom stereocenters. The van der Waals surface area contributed by atoms with Gasteiger partial charge in [0.15, 0.2) is 11.9 Å². The first kappa shape index (κ1) is 78.6. The van der Waals surface area contributed by atoms with Gasteiger partial charge in [-0.2, -0.15) is 0 Å². The van der Waals surface area contributed by atoms with Crippen LogP contribution in [0, 0.1) is 0 Å². The molecule has 25 N–H and O–H groups in total. The maximum absolute atomic E-state index is 13.9. The number of carboxylic acids is 1.